The van der Waals surface area contributed by atoms with Crippen molar-refractivity contribution in [2.45, 2.75) is 69.3 Å². The Labute approximate surface area is 193 Å². The van der Waals surface area contributed by atoms with E-state index in [1.54, 1.807) is 0 Å². The molecule has 0 heterocycles. The van der Waals surface area contributed by atoms with Crippen LogP contribution in [0.25, 0.3) is 0 Å². The summed E-state index contributed by atoms with van der Waals surface area (Å²) < 4.78 is 0. The zero-order valence-corrected chi connectivity index (χ0v) is 18.2. The normalized spacial score (nSPS) is 15.0. The van der Waals surface area contributed by atoms with Crippen molar-refractivity contribution in [1.29, 1.82) is 0 Å². The summed E-state index contributed by atoms with van der Waals surface area (Å²) in [6.45, 7) is 1.08. The molecule has 0 spiro atoms. The van der Waals surface area contributed by atoms with Crippen LogP contribution in [0.5, 0.6) is 0 Å². The molecule has 0 bridgehead atoms. The molecule has 0 aliphatic rings. The Balaban J connectivity index is 5.56. The Morgan fingerprint density at radius 2 is 1.24 bits per heavy atom. The SMILES string of the molecule is CC(O)C(NC(=O)C(CC(N)=O)NC(=O)C(CCC(=O)O)NC(=O)C(N)CCC(=O)O)C(=O)O. The molecule has 0 saturated heterocycles. The molecule has 0 aromatic heterocycles. The number of amides is 4. The van der Waals surface area contributed by atoms with Crippen molar-refractivity contribution in [1.82, 2.24) is 16.0 Å². The second-order valence-corrected chi connectivity index (χ2v) is 7.33. The minimum absolute atomic E-state index is 0.281. The summed E-state index contributed by atoms with van der Waals surface area (Å²) in [7, 11) is 0. The number of aliphatic hydroxyl groups excluding tert-OH is 1. The summed E-state index contributed by atoms with van der Waals surface area (Å²) in [6.07, 6.45) is -4.12. The number of primary amides is 1. The van der Waals surface area contributed by atoms with E-state index in [0.29, 0.717) is 0 Å². The summed E-state index contributed by atoms with van der Waals surface area (Å²) >= 11 is 0. The van der Waals surface area contributed by atoms with Crippen molar-refractivity contribution in [3.63, 3.8) is 0 Å². The van der Waals surface area contributed by atoms with Crippen molar-refractivity contribution < 1.29 is 54.0 Å². The molecule has 0 saturated carbocycles. The van der Waals surface area contributed by atoms with Crippen molar-refractivity contribution in [3.8, 4) is 0 Å². The summed E-state index contributed by atoms with van der Waals surface area (Å²) in [4.78, 5) is 81.4. The van der Waals surface area contributed by atoms with E-state index in [9.17, 15) is 38.7 Å². The number of nitrogens with two attached hydrogens (primary N) is 2. The van der Waals surface area contributed by atoms with Gasteiger partial charge in [-0.3, -0.25) is 28.8 Å². The average Bonchev–Trinajstić information content (AvgIpc) is 2.70. The third-order valence-corrected chi connectivity index (χ3v) is 4.37. The van der Waals surface area contributed by atoms with Crippen LogP contribution in [0.1, 0.15) is 39.0 Å². The quantitative estimate of drug-likeness (QED) is 0.0993. The fraction of sp³-hybridized carbons (Fsp3) is 0.611. The molecule has 5 atom stereocenters. The molecule has 34 heavy (non-hydrogen) atoms. The number of aliphatic hydroxyl groups is 1. The van der Waals surface area contributed by atoms with Gasteiger partial charge in [-0.15, -0.1) is 0 Å². The molecular formula is C18H29N5O11. The fourth-order valence-electron chi connectivity index (χ4n) is 2.55. The number of carbonyl (C=O) groups is 7. The lowest BCUT2D eigenvalue weighted by Gasteiger charge is -2.25. The Morgan fingerprint density at radius 3 is 1.68 bits per heavy atom. The summed E-state index contributed by atoms with van der Waals surface area (Å²) in [5.41, 5.74) is 10.6. The molecule has 0 fully saturated rings. The molecule has 0 aromatic rings. The molecule has 0 rings (SSSR count). The maximum Gasteiger partial charge on any atom is 0.328 e. The van der Waals surface area contributed by atoms with Crippen LogP contribution in [0.4, 0.5) is 0 Å². The first-order chi connectivity index (χ1) is 15.6. The molecule has 192 valence electrons. The van der Waals surface area contributed by atoms with Gasteiger partial charge >= 0.3 is 17.9 Å². The molecule has 0 aliphatic heterocycles. The number of carbonyl (C=O) groups excluding carboxylic acids is 4. The van der Waals surface area contributed by atoms with Gasteiger partial charge in [-0.2, -0.15) is 0 Å². The lowest BCUT2D eigenvalue weighted by atomic mass is 10.1. The van der Waals surface area contributed by atoms with Gasteiger partial charge in [0.1, 0.15) is 12.1 Å². The molecule has 5 unspecified atom stereocenters. The maximum atomic E-state index is 12.7. The van der Waals surface area contributed by atoms with Crippen LogP contribution in [-0.4, -0.2) is 92.2 Å². The smallest absolute Gasteiger partial charge is 0.328 e. The third kappa shape index (κ3) is 11.7. The first-order valence-corrected chi connectivity index (χ1v) is 9.95. The number of aliphatic carboxylic acids is 3. The molecule has 0 aliphatic carbocycles. The fourth-order valence-corrected chi connectivity index (χ4v) is 2.55. The van der Waals surface area contributed by atoms with Gasteiger partial charge < -0.3 is 47.8 Å². The highest BCUT2D eigenvalue weighted by atomic mass is 16.4. The van der Waals surface area contributed by atoms with Crippen molar-refractivity contribution in [2.75, 3.05) is 0 Å². The van der Waals surface area contributed by atoms with Crippen molar-refractivity contribution >= 4 is 41.5 Å². The number of nitrogens with one attached hydrogen (secondary N) is 3. The minimum atomic E-state index is -1.78. The largest absolute Gasteiger partial charge is 0.481 e. The Hall–Kier alpha value is -3.79. The Bertz CT molecular complexity index is 801. The Morgan fingerprint density at radius 1 is 0.765 bits per heavy atom. The molecule has 16 heteroatoms. The van der Waals surface area contributed by atoms with Crippen molar-refractivity contribution in [2.24, 2.45) is 11.5 Å². The van der Waals surface area contributed by atoms with Crippen LogP contribution in [0.15, 0.2) is 0 Å². The predicted molar refractivity (Wildman–Crippen MR) is 111 cm³/mol. The lowest BCUT2D eigenvalue weighted by Crippen LogP contribution is -2.59. The molecule has 11 N–H and O–H groups in total. The van der Waals surface area contributed by atoms with Crippen LogP contribution >= 0.6 is 0 Å². The van der Waals surface area contributed by atoms with Gasteiger partial charge in [0.05, 0.1) is 18.6 Å². The topological polar surface area (TPSA) is 289 Å². The van der Waals surface area contributed by atoms with Crippen LogP contribution in [-0.2, 0) is 33.6 Å². The van der Waals surface area contributed by atoms with Gasteiger partial charge in [0.25, 0.3) is 0 Å². The van der Waals surface area contributed by atoms with E-state index in [4.69, 9.17) is 26.8 Å². The molecule has 0 radical (unpaired) electrons. The average molecular weight is 491 g/mol. The monoisotopic (exact) mass is 491 g/mol. The number of hydrogen-bond donors (Lipinski definition) is 9. The van der Waals surface area contributed by atoms with Crippen LogP contribution in [0.3, 0.4) is 0 Å². The highest BCUT2D eigenvalue weighted by Crippen LogP contribution is 2.04. The first kappa shape index (κ1) is 30.2. The van der Waals surface area contributed by atoms with E-state index < -0.39 is 97.5 Å². The zero-order chi connectivity index (χ0) is 26.6. The van der Waals surface area contributed by atoms with E-state index >= 15 is 0 Å². The third-order valence-electron chi connectivity index (χ3n) is 4.37. The van der Waals surface area contributed by atoms with Crippen LogP contribution in [0, 0.1) is 0 Å². The predicted octanol–water partition coefficient (Wildman–Crippen LogP) is -4.16. The number of carboxylic acids is 3. The van der Waals surface area contributed by atoms with Gasteiger partial charge in [0.2, 0.25) is 23.6 Å². The number of carboxylic acid groups (broad SMARTS) is 3. The molecule has 16 nitrogen and oxygen atoms in total. The summed E-state index contributed by atoms with van der Waals surface area (Å²) in [6, 6.07) is -6.41. The minimum Gasteiger partial charge on any atom is -0.481 e. The van der Waals surface area contributed by atoms with Gasteiger partial charge in [0.15, 0.2) is 6.04 Å². The van der Waals surface area contributed by atoms with E-state index in [0.717, 1.165) is 6.92 Å². The zero-order valence-electron chi connectivity index (χ0n) is 18.2. The highest BCUT2D eigenvalue weighted by Gasteiger charge is 2.32. The summed E-state index contributed by atoms with van der Waals surface area (Å²) in [5.74, 6) is -8.49. The van der Waals surface area contributed by atoms with Gasteiger partial charge in [-0.25, -0.2) is 4.79 Å². The van der Waals surface area contributed by atoms with Crippen LogP contribution in [0.2, 0.25) is 0 Å². The maximum absolute atomic E-state index is 12.7. The second-order valence-electron chi connectivity index (χ2n) is 7.33. The number of rotatable bonds is 16. The van der Waals surface area contributed by atoms with E-state index in [1.165, 1.54) is 0 Å². The lowest BCUT2D eigenvalue weighted by molar-refractivity contribution is -0.145. The molecular weight excluding hydrogens is 462 g/mol. The highest BCUT2D eigenvalue weighted by molar-refractivity contribution is 5.96. The second kappa shape index (κ2) is 14.4. The van der Waals surface area contributed by atoms with Gasteiger partial charge in [-0.1, -0.05) is 0 Å². The number of hydrogen-bond acceptors (Lipinski definition) is 9. The van der Waals surface area contributed by atoms with Crippen LogP contribution < -0.4 is 27.4 Å². The summed E-state index contributed by atoms with van der Waals surface area (Å²) in [5, 5.41) is 42.3. The van der Waals surface area contributed by atoms with E-state index in [2.05, 4.69) is 10.6 Å². The molecule has 0 aromatic carbocycles. The van der Waals surface area contributed by atoms with Gasteiger partial charge in [-0.05, 0) is 19.8 Å². The first-order valence-electron chi connectivity index (χ1n) is 9.95. The van der Waals surface area contributed by atoms with Gasteiger partial charge in [0, 0.05) is 12.8 Å². The van der Waals surface area contributed by atoms with E-state index in [1.807, 2.05) is 5.32 Å². The van der Waals surface area contributed by atoms with Crippen molar-refractivity contribution in [3.05, 3.63) is 0 Å². The molecule has 4 amide bonds. The van der Waals surface area contributed by atoms with E-state index in [-0.39, 0.29) is 6.42 Å². The Kier molecular flexibility index (Phi) is 12.8. The standard InChI is InChI=1S/C18H29N5O11/c1-7(24)14(18(33)34)23-17(32)10(6-11(20)25)22-16(31)9(3-5-13(28)29)21-15(30)8(19)2-4-12(26)27/h7-10,14,24H,2-6,19H2,1H3,(H2,20,25)(H,21,30)(H,22,31)(H,23,32)(H,26,27)(H,28,29)(H,33,34).